The Bertz CT molecular complexity index is 923. The van der Waals surface area contributed by atoms with Gasteiger partial charge >= 0.3 is 0 Å². The molecule has 0 aromatic heterocycles. The van der Waals surface area contributed by atoms with Crippen LogP contribution in [0.1, 0.15) is 19.8 Å². The number of hydrogen-bond acceptors (Lipinski definition) is 6. The predicted molar refractivity (Wildman–Crippen MR) is 129 cm³/mol. The van der Waals surface area contributed by atoms with Crippen LogP contribution < -0.4 is 25.0 Å². The summed E-state index contributed by atoms with van der Waals surface area (Å²) in [4.78, 5) is 17.8. The summed E-state index contributed by atoms with van der Waals surface area (Å²) in [6.07, 6.45) is 2.82. The molecular formula is C25H34N4O3. The largest absolute Gasteiger partial charge is 0.493 e. The summed E-state index contributed by atoms with van der Waals surface area (Å²) in [6, 6.07) is 13.3. The van der Waals surface area contributed by atoms with Crippen molar-refractivity contribution in [2.75, 3.05) is 62.5 Å². The molecule has 1 saturated carbocycles. The van der Waals surface area contributed by atoms with Crippen molar-refractivity contribution in [2.24, 2.45) is 5.92 Å². The SMILES string of the molecule is COc1ccc(NC(=O)C(C)Nc2cccc(N3CCN(CC4CC4)CC3)c2)cc1OC. The van der Waals surface area contributed by atoms with Crippen LogP contribution in [0.5, 0.6) is 11.5 Å². The number of carbonyl (C=O) groups is 1. The third-order valence-corrected chi connectivity index (χ3v) is 6.22. The number of nitrogens with zero attached hydrogens (tertiary/aromatic N) is 2. The number of piperazine rings is 1. The van der Waals surface area contributed by atoms with E-state index < -0.39 is 6.04 Å². The second-order valence-electron chi connectivity index (χ2n) is 8.71. The maximum Gasteiger partial charge on any atom is 0.246 e. The van der Waals surface area contributed by atoms with Crippen molar-refractivity contribution in [1.82, 2.24) is 4.90 Å². The Balaban J connectivity index is 1.32. The van der Waals surface area contributed by atoms with Crippen molar-refractivity contribution >= 4 is 23.0 Å². The van der Waals surface area contributed by atoms with E-state index in [1.165, 1.54) is 25.1 Å². The van der Waals surface area contributed by atoms with E-state index in [0.717, 1.165) is 37.8 Å². The minimum Gasteiger partial charge on any atom is -0.493 e. The molecule has 172 valence electrons. The predicted octanol–water partition coefficient (Wildman–Crippen LogP) is 3.67. The number of amides is 1. The number of ether oxygens (including phenoxy) is 2. The van der Waals surface area contributed by atoms with Crippen molar-refractivity contribution in [1.29, 1.82) is 0 Å². The molecule has 2 N–H and O–H groups in total. The Morgan fingerprint density at radius 2 is 1.75 bits per heavy atom. The van der Waals surface area contributed by atoms with Gasteiger partial charge in [0.25, 0.3) is 0 Å². The molecule has 4 rings (SSSR count). The molecule has 0 radical (unpaired) electrons. The van der Waals surface area contributed by atoms with Crippen LogP contribution >= 0.6 is 0 Å². The molecule has 7 nitrogen and oxygen atoms in total. The Labute approximate surface area is 190 Å². The van der Waals surface area contributed by atoms with Gasteiger partial charge in [0.05, 0.1) is 14.2 Å². The fourth-order valence-corrected chi connectivity index (χ4v) is 4.13. The Morgan fingerprint density at radius 3 is 2.44 bits per heavy atom. The van der Waals surface area contributed by atoms with Crippen LogP contribution in [-0.4, -0.2) is 63.8 Å². The number of carbonyl (C=O) groups excluding carboxylic acids is 1. The smallest absolute Gasteiger partial charge is 0.246 e. The quantitative estimate of drug-likeness (QED) is 0.623. The zero-order valence-corrected chi connectivity index (χ0v) is 19.3. The minimum atomic E-state index is -0.395. The molecule has 1 atom stereocenters. The number of nitrogens with one attached hydrogen (secondary N) is 2. The molecule has 2 aliphatic rings. The van der Waals surface area contributed by atoms with E-state index in [0.29, 0.717) is 17.2 Å². The molecular weight excluding hydrogens is 404 g/mol. The number of rotatable bonds is 9. The van der Waals surface area contributed by atoms with Crippen LogP contribution in [0.3, 0.4) is 0 Å². The second-order valence-corrected chi connectivity index (χ2v) is 8.71. The molecule has 1 aliphatic heterocycles. The van der Waals surface area contributed by atoms with Gasteiger partial charge in [-0.3, -0.25) is 9.69 Å². The number of methoxy groups -OCH3 is 2. The Morgan fingerprint density at radius 1 is 1.00 bits per heavy atom. The zero-order chi connectivity index (χ0) is 22.5. The molecule has 1 saturated heterocycles. The average Bonchev–Trinajstić information content (AvgIpc) is 3.63. The van der Waals surface area contributed by atoms with E-state index in [2.05, 4.69) is 32.6 Å². The van der Waals surface area contributed by atoms with Crippen LogP contribution in [0.2, 0.25) is 0 Å². The third-order valence-electron chi connectivity index (χ3n) is 6.22. The van der Waals surface area contributed by atoms with Crippen molar-refractivity contribution in [3.63, 3.8) is 0 Å². The van der Waals surface area contributed by atoms with Crippen LogP contribution in [0.15, 0.2) is 42.5 Å². The maximum atomic E-state index is 12.7. The molecule has 2 aromatic rings. The second kappa shape index (κ2) is 10.1. The van der Waals surface area contributed by atoms with Gasteiger partial charge < -0.3 is 25.0 Å². The lowest BCUT2D eigenvalue weighted by Crippen LogP contribution is -2.47. The Kier molecular flexibility index (Phi) is 7.05. The molecule has 2 fully saturated rings. The van der Waals surface area contributed by atoms with E-state index in [1.807, 2.05) is 19.1 Å². The van der Waals surface area contributed by atoms with Gasteiger partial charge in [-0.05, 0) is 56.0 Å². The third kappa shape index (κ3) is 5.65. The fraction of sp³-hybridized carbons (Fsp3) is 0.480. The molecule has 2 aromatic carbocycles. The van der Waals surface area contributed by atoms with Gasteiger partial charge in [0.2, 0.25) is 5.91 Å². The molecule has 1 amide bonds. The van der Waals surface area contributed by atoms with E-state index in [1.54, 1.807) is 32.4 Å². The summed E-state index contributed by atoms with van der Waals surface area (Å²) in [5, 5.41) is 6.27. The lowest BCUT2D eigenvalue weighted by Gasteiger charge is -2.36. The number of anilines is 3. The summed E-state index contributed by atoms with van der Waals surface area (Å²) in [7, 11) is 3.16. The molecule has 0 bridgehead atoms. The van der Waals surface area contributed by atoms with Gasteiger partial charge in [-0.25, -0.2) is 0 Å². The lowest BCUT2D eigenvalue weighted by molar-refractivity contribution is -0.116. The Hall–Kier alpha value is -2.93. The van der Waals surface area contributed by atoms with Gasteiger partial charge in [-0.2, -0.15) is 0 Å². The lowest BCUT2D eigenvalue weighted by atomic mass is 10.2. The highest BCUT2D eigenvalue weighted by atomic mass is 16.5. The van der Waals surface area contributed by atoms with E-state index >= 15 is 0 Å². The molecule has 1 aliphatic carbocycles. The summed E-state index contributed by atoms with van der Waals surface area (Å²) in [5.41, 5.74) is 2.81. The normalized spacial score (nSPS) is 17.5. The van der Waals surface area contributed by atoms with Crippen molar-refractivity contribution in [2.45, 2.75) is 25.8 Å². The van der Waals surface area contributed by atoms with Crippen LogP contribution in [0.4, 0.5) is 17.1 Å². The molecule has 7 heteroatoms. The van der Waals surface area contributed by atoms with E-state index in [-0.39, 0.29) is 5.91 Å². The first-order chi connectivity index (χ1) is 15.6. The first-order valence-electron chi connectivity index (χ1n) is 11.4. The monoisotopic (exact) mass is 438 g/mol. The highest BCUT2D eigenvalue weighted by Gasteiger charge is 2.26. The maximum absolute atomic E-state index is 12.7. The van der Waals surface area contributed by atoms with Crippen LogP contribution in [0, 0.1) is 5.92 Å². The summed E-state index contributed by atoms with van der Waals surface area (Å²) >= 11 is 0. The first kappa shape index (κ1) is 22.3. The molecule has 1 unspecified atom stereocenters. The summed E-state index contributed by atoms with van der Waals surface area (Å²) in [6.45, 7) is 7.47. The highest BCUT2D eigenvalue weighted by molar-refractivity contribution is 5.96. The van der Waals surface area contributed by atoms with Gasteiger partial charge in [0.15, 0.2) is 11.5 Å². The average molecular weight is 439 g/mol. The van der Waals surface area contributed by atoms with Crippen LogP contribution in [-0.2, 0) is 4.79 Å². The highest BCUT2D eigenvalue weighted by Crippen LogP contribution is 2.31. The standard InChI is InChI=1S/C25H34N4O3/c1-18(25(30)27-21-9-10-23(31-2)24(16-21)32-3)26-20-5-4-6-22(15-20)29-13-11-28(12-14-29)17-19-7-8-19/h4-6,9-10,15-16,18-19,26H,7-8,11-14,17H2,1-3H3,(H,27,30). The van der Waals surface area contributed by atoms with Crippen molar-refractivity contribution in [3.8, 4) is 11.5 Å². The van der Waals surface area contributed by atoms with Crippen LogP contribution in [0.25, 0.3) is 0 Å². The van der Waals surface area contributed by atoms with Crippen molar-refractivity contribution < 1.29 is 14.3 Å². The van der Waals surface area contributed by atoms with Crippen molar-refractivity contribution in [3.05, 3.63) is 42.5 Å². The van der Waals surface area contributed by atoms with E-state index in [9.17, 15) is 4.79 Å². The van der Waals surface area contributed by atoms with E-state index in [4.69, 9.17) is 9.47 Å². The van der Waals surface area contributed by atoms with Gasteiger partial charge in [-0.1, -0.05) is 6.07 Å². The number of hydrogen-bond donors (Lipinski definition) is 2. The molecule has 1 heterocycles. The summed E-state index contributed by atoms with van der Waals surface area (Å²) < 4.78 is 10.6. The summed E-state index contributed by atoms with van der Waals surface area (Å²) in [5.74, 6) is 2.04. The minimum absolute atomic E-state index is 0.115. The molecule has 32 heavy (non-hydrogen) atoms. The molecule has 0 spiro atoms. The van der Waals surface area contributed by atoms with Gasteiger partial charge in [0.1, 0.15) is 6.04 Å². The zero-order valence-electron chi connectivity index (χ0n) is 19.3. The fourth-order valence-electron chi connectivity index (χ4n) is 4.13. The topological polar surface area (TPSA) is 66.1 Å². The first-order valence-corrected chi connectivity index (χ1v) is 11.4. The van der Waals surface area contributed by atoms with Gasteiger partial charge in [0, 0.05) is 55.9 Å². The van der Waals surface area contributed by atoms with Gasteiger partial charge in [-0.15, -0.1) is 0 Å². The number of benzene rings is 2.